The van der Waals surface area contributed by atoms with E-state index in [4.69, 9.17) is 5.73 Å². The van der Waals surface area contributed by atoms with E-state index in [0.29, 0.717) is 22.9 Å². The van der Waals surface area contributed by atoms with Crippen molar-refractivity contribution in [1.82, 2.24) is 42.2 Å². The molecule has 0 aliphatic carbocycles. The number of benzene rings is 2. The highest BCUT2D eigenvalue weighted by atomic mass is 16.4. The Bertz CT molecular complexity index is 2320. The largest absolute Gasteiger partial charge is 0.481 e. The molecule has 0 spiro atoms. The van der Waals surface area contributed by atoms with Gasteiger partial charge in [-0.3, -0.25) is 43.2 Å². The number of hydrogen-bond donors (Lipinski definition) is 12. The molecular weight excluding hydrogens is 911 g/mol. The molecule has 0 saturated heterocycles. The van der Waals surface area contributed by atoms with Crippen LogP contribution in [0.4, 0.5) is 0 Å². The van der Waals surface area contributed by atoms with Crippen LogP contribution in [0, 0.1) is 17.8 Å². The zero-order valence-corrected chi connectivity index (χ0v) is 40.2. The van der Waals surface area contributed by atoms with Crippen LogP contribution in [0.1, 0.15) is 84.8 Å². The van der Waals surface area contributed by atoms with E-state index in [-0.39, 0.29) is 37.5 Å². The number of nitrogens with two attached hydrogens (primary N) is 1. The van der Waals surface area contributed by atoms with Gasteiger partial charge in [0.15, 0.2) is 0 Å². The molecule has 0 saturated carbocycles. The minimum absolute atomic E-state index is 0.0220. The van der Waals surface area contributed by atoms with Crippen LogP contribution < -0.4 is 43.0 Å². The van der Waals surface area contributed by atoms with Crippen molar-refractivity contribution in [3.8, 4) is 0 Å². The lowest BCUT2D eigenvalue weighted by Crippen LogP contribution is -2.60. The molecule has 3 aromatic rings. The molecule has 0 aliphatic heterocycles. The standard InChI is InChI=1S/C48H67N9O13/c1-7-27(6)41(48(69)70)57-47(68)35(20-29-23-50-32-16-12-11-15-30(29)32)54-46(67)37(22-40(61)62)56-44(65)34(18-26(4)5)53-45(66)36(21-39(59)60)55-43(64)33(17-25(2)3)52-38(58)24-51-42(63)31(49)19-28-13-9-8-10-14-28/h8-16,23,25-27,31,33-37,41,50H,7,17-22,24,49H2,1-6H3,(H,51,63)(H,52,58)(H,53,66)(H,54,67)(H,55,64)(H,56,65)(H,57,68)(H,59,60)(H,61,62)(H,69,70)/t27-,31-,33-,34-,35-,36-,37-,41-/m0/s1. The van der Waals surface area contributed by atoms with Crippen molar-refractivity contribution in [2.75, 3.05) is 6.54 Å². The van der Waals surface area contributed by atoms with Crippen molar-refractivity contribution >= 4 is 70.2 Å². The molecule has 0 unspecified atom stereocenters. The number of carboxylic acid groups (broad SMARTS) is 3. The number of H-pyrrole nitrogens is 1. The minimum atomic E-state index is -1.86. The number of hydrogen-bond acceptors (Lipinski definition) is 11. The molecule has 0 radical (unpaired) electrons. The van der Waals surface area contributed by atoms with Gasteiger partial charge in [0, 0.05) is 23.5 Å². The first kappa shape index (κ1) is 57.0. The second kappa shape index (κ2) is 27.6. The average molecular weight is 978 g/mol. The van der Waals surface area contributed by atoms with Gasteiger partial charge in [-0.25, -0.2) is 4.79 Å². The predicted molar refractivity (Wildman–Crippen MR) is 255 cm³/mol. The number of nitrogens with one attached hydrogen (secondary N) is 8. The number of fused-ring (bicyclic) bond motifs is 1. The number of rotatable bonds is 29. The van der Waals surface area contributed by atoms with Gasteiger partial charge in [0.05, 0.1) is 25.4 Å². The zero-order chi connectivity index (χ0) is 52.2. The molecule has 22 nitrogen and oxygen atoms in total. The molecule has 0 bridgehead atoms. The molecule has 70 heavy (non-hydrogen) atoms. The molecule has 13 N–H and O–H groups in total. The van der Waals surface area contributed by atoms with Crippen LogP contribution >= 0.6 is 0 Å². The highest BCUT2D eigenvalue weighted by Crippen LogP contribution is 2.20. The Morgan fingerprint density at radius 1 is 0.571 bits per heavy atom. The highest BCUT2D eigenvalue weighted by molar-refractivity contribution is 5.99. The Kier molecular flexibility index (Phi) is 22.5. The predicted octanol–water partition coefficient (Wildman–Crippen LogP) is 0.478. The third kappa shape index (κ3) is 18.6. The topological polar surface area (TPSA) is 357 Å². The number of carbonyl (C=O) groups excluding carboxylic acids is 7. The number of aromatic amines is 1. The van der Waals surface area contributed by atoms with E-state index in [1.54, 1.807) is 102 Å². The van der Waals surface area contributed by atoms with Crippen molar-refractivity contribution in [3.05, 3.63) is 71.9 Å². The van der Waals surface area contributed by atoms with Gasteiger partial charge in [0.1, 0.15) is 36.3 Å². The summed E-state index contributed by atoms with van der Waals surface area (Å²) < 4.78 is 0. The van der Waals surface area contributed by atoms with Crippen LogP contribution in [0.2, 0.25) is 0 Å². The Labute approximate surface area is 405 Å². The SMILES string of the molecule is CC[C@H](C)[C@H](NC(=O)[C@H](Cc1c[nH]c2ccccc12)NC(=O)[C@H](CC(=O)O)NC(=O)[C@H](CC(C)C)NC(=O)[C@H](CC(=O)O)NC(=O)[C@H](CC(C)C)NC(=O)CNC(=O)[C@@H](N)Cc1ccccc1)C(=O)O. The fourth-order valence-corrected chi connectivity index (χ4v) is 7.43. The van der Waals surface area contributed by atoms with Crippen molar-refractivity contribution < 1.29 is 63.3 Å². The Morgan fingerprint density at radius 3 is 1.56 bits per heavy atom. The van der Waals surface area contributed by atoms with Gasteiger partial charge in [-0.15, -0.1) is 0 Å². The number of carbonyl (C=O) groups is 10. The van der Waals surface area contributed by atoms with Crippen LogP contribution in [0.15, 0.2) is 60.8 Å². The van der Waals surface area contributed by atoms with E-state index in [0.717, 1.165) is 5.56 Å². The van der Waals surface area contributed by atoms with Gasteiger partial charge in [-0.2, -0.15) is 0 Å². The molecule has 1 heterocycles. The van der Waals surface area contributed by atoms with Gasteiger partial charge in [0.25, 0.3) is 0 Å². The molecule has 0 fully saturated rings. The normalized spacial score (nSPS) is 14.6. The summed E-state index contributed by atoms with van der Waals surface area (Å²) in [4.78, 5) is 134. The second-order valence-corrected chi connectivity index (χ2v) is 18.1. The lowest BCUT2D eigenvalue weighted by molar-refractivity contribution is -0.144. The van der Waals surface area contributed by atoms with E-state index < -0.39 is 127 Å². The quantitative estimate of drug-likeness (QED) is 0.0450. The van der Waals surface area contributed by atoms with Crippen LogP contribution in [-0.2, 0) is 60.8 Å². The summed E-state index contributed by atoms with van der Waals surface area (Å²) in [5.41, 5.74) is 8.06. The minimum Gasteiger partial charge on any atom is -0.481 e. The summed E-state index contributed by atoms with van der Waals surface area (Å²) in [5.74, 6) is -12.1. The highest BCUT2D eigenvalue weighted by Gasteiger charge is 2.36. The molecule has 382 valence electrons. The van der Waals surface area contributed by atoms with Gasteiger partial charge >= 0.3 is 17.9 Å². The first-order chi connectivity index (χ1) is 33.0. The Morgan fingerprint density at radius 2 is 1.04 bits per heavy atom. The summed E-state index contributed by atoms with van der Waals surface area (Å²) >= 11 is 0. The molecule has 0 aliphatic rings. The summed E-state index contributed by atoms with van der Waals surface area (Å²) in [6.45, 7) is 9.64. The van der Waals surface area contributed by atoms with Crippen LogP contribution in [-0.4, -0.2) is 128 Å². The Hall–Kier alpha value is -7.36. The van der Waals surface area contributed by atoms with E-state index in [1.807, 2.05) is 0 Å². The van der Waals surface area contributed by atoms with Gasteiger partial charge < -0.3 is 63.3 Å². The van der Waals surface area contributed by atoms with Crippen molar-refractivity contribution in [2.45, 2.75) is 129 Å². The van der Waals surface area contributed by atoms with Crippen LogP contribution in [0.3, 0.4) is 0 Å². The lowest BCUT2D eigenvalue weighted by Gasteiger charge is -2.28. The van der Waals surface area contributed by atoms with E-state index in [2.05, 4.69) is 42.2 Å². The molecule has 22 heteroatoms. The van der Waals surface area contributed by atoms with E-state index >= 15 is 0 Å². The summed E-state index contributed by atoms with van der Waals surface area (Å²) in [6, 6.07) is 5.67. The van der Waals surface area contributed by atoms with E-state index in [1.165, 1.54) is 0 Å². The molecular formula is C48H67N9O13. The first-order valence-corrected chi connectivity index (χ1v) is 23.1. The Balaban J connectivity index is 1.82. The number of para-hydroxylation sites is 1. The van der Waals surface area contributed by atoms with Gasteiger partial charge in [0.2, 0.25) is 41.4 Å². The number of amides is 7. The van der Waals surface area contributed by atoms with Crippen LogP contribution in [0.25, 0.3) is 10.9 Å². The van der Waals surface area contributed by atoms with Crippen molar-refractivity contribution in [2.24, 2.45) is 23.5 Å². The number of aromatic nitrogens is 1. The maximum absolute atomic E-state index is 14.0. The maximum Gasteiger partial charge on any atom is 0.326 e. The van der Waals surface area contributed by atoms with Crippen LogP contribution in [0.5, 0.6) is 0 Å². The van der Waals surface area contributed by atoms with Crippen molar-refractivity contribution in [1.29, 1.82) is 0 Å². The third-order valence-electron chi connectivity index (χ3n) is 11.3. The third-order valence-corrected chi connectivity index (χ3v) is 11.3. The smallest absolute Gasteiger partial charge is 0.326 e. The average Bonchev–Trinajstić information content (AvgIpc) is 3.70. The number of aliphatic carboxylic acids is 3. The molecule has 7 amide bonds. The lowest BCUT2D eigenvalue weighted by atomic mass is 9.97. The summed E-state index contributed by atoms with van der Waals surface area (Å²) in [7, 11) is 0. The number of carboxylic acids is 3. The second-order valence-electron chi connectivity index (χ2n) is 18.1. The van der Waals surface area contributed by atoms with Crippen molar-refractivity contribution in [3.63, 3.8) is 0 Å². The maximum atomic E-state index is 14.0. The fraction of sp³-hybridized carbons (Fsp3) is 0.500. The molecule has 1 aromatic heterocycles. The van der Waals surface area contributed by atoms with E-state index in [9.17, 15) is 63.3 Å². The molecule has 2 aromatic carbocycles. The monoisotopic (exact) mass is 977 g/mol. The zero-order valence-electron chi connectivity index (χ0n) is 40.2. The molecule has 8 atom stereocenters. The summed E-state index contributed by atoms with van der Waals surface area (Å²) in [5, 5.41) is 47.2. The molecule has 3 rings (SSSR count). The fourth-order valence-electron chi connectivity index (χ4n) is 7.43. The first-order valence-electron chi connectivity index (χ1n) is 23.1. The van der Waals surface area contributed by atoms with Gasteiger partial charge in [-0.05, 0) is 54.2 Å². The summed E-state index contributed by atoms with van der Waals surface area (Å²) in [6.07, 6.45) is -0.0945. The van der Waals surface area contributed by atoms with Gasteiger partial charge in [-0.1, -0.05) is 96.5 Å².